The van der Waals surface area contributed by atoms with Gasteiger partial charge < -0.3 is 14.8 Å². The average Bonchev–Trinajstić information content (AvgIpc) is 2.68. The van der Waals surface area contributed by atoms with Gasteiger partial charge in [-0.15, -0.1) is 0 Å². The van der Waals surface area contributed by atoms with Crippen molar-refractivity contribution in [1.82, 2.24) is 0 Å². The van der Waals surface area contributed by atoms with Crippen LogP contribution in [0.1, 0.15) is 15.9 Å². The van der Waals surface area contributed by atoms with Gasteiger partial charge in [-0.25, -0.2) is 0 Å². The van der Waals surface area contributed by atoms with Crippen LogP contribution < -0.4 is 14.8 Å². The monoisotopic (exact) mass is 367 g/mol. The molecule has 0 aliphatic heterocycles. The van der Waals surface area contributed by atoms with E-state index in [9.17, 15) is 4.79 Å². The number of amides is 1. The summed E-state index contributed by atoms with van der Waals surface area (Å²) in [5, 5.41) is 3.30. The van der Waals surface area contributed by atoms with Gasteiger partial charge in [0.1, 0.15) is 18.1 Å². The highest BCUT2D eigenvalue weighted by atomic mass is 35.5. The van der Waals surface area contributed by atoms with Crippen molar-refractivity contribution >= 4 is 23.2 Å². The van der Waals surface area contributed by atoms with Crippen LogP contribution in [0.2, 0.25) is 5.02 Å². The van der Waals surface area contributed by atoms with Gasteiger partial charge in [0.15, 0.2) is 0 Å². The molecule has 0 aliphatic carbocycles. The van der Waals surface area contributed by atoms with Crippen LogP contribution in [0.15, 0.2) is 72.8 Å². The lowest BCUT2D eigenvalue weighted by molar-refractivity contribution is 0.102. The van der Waals surface area contributed by atoms with Crippen molar-refractivity contribution in [2.24, 2.45) is 0 Å². The highest BCUT2D eigenvalue weighted by molar-refractivity contribution is 6.33. The number of rotatable bonds is 6. The molecule has 3 aromatic carbocycles. The predicted octanol–water partition coefficient (Wildman–Crippen LogP) is 5.18. The Morgan fingerprint density at radius 2 is 1.73 bits per heavy atom. The van der Waals surface area contributed by atoms with E-state index in [-0.39, 0.29) is 5.91 Å². The van der Waals surface area contributed by atoms with E-state index in [1.54, 1.807) is 37.4 Å². The zero-order valence-corrected chi connectivity index (χ0v) is 15.0. The van der Waals surface area contributed by atoms with Gasteiger partial charge in [-0.3, -0.25) is 4.79 Å². The first kappa shape index (κ1) is 17.8. The molecule has 0 fully saturated rings. The molecule has 5 heteroatoms. The predicted molar refractivity (Wildman–Crippen MR) is 103 cm³/mol. The Hall–Kier alpha value is -2.98. The van der Waals surface area contributed by atoms with Crippen LogP contribution in [0, 0.1) is 0 Å². The molecule has 0 radical (unpaired) electrons. The molecule has 1 amide bonds. The summed E-state index contributed by atoms with van der Waals surface area (Å²) in [5.74, 6) is 1.16. The molecule has 0 aliphatic rings. The molecule has 132 valence electrons. The van der Waals surface area contributed by atoms with Crippen LogP contribution in [0.3, 0.4) is 0 Å². The van der Waals surface area contributed by atoms with E-state index < -0.39 is 0 Å². The van der Waals surface area contributed by atoms with E-state index >= 15 is 0 Å². The van der Waals surface area contributed by atoms with Crippen LogP contribution in [0.25, 0.3) is 0 Å². The molecule has 0 saturated heterocycles. The highest BCUT2D eigenvalue weighted by Crippen LogP contribution is 2.24. The fraction of sp³-hybridized carbons (Fsp3) is 0.0952. The third kappa shape index (κ3) is 4.35. The average molecular weight is 368 g/mol. The Morgan fingerprint density at radius 1 is 1.00 bits per heavy atom. The van der Waals surface area contributed by atoms with Crippen molar-refractivity contribution in [1.29, 1.82) is 0 Å². The molecule has 3 rings (SSSR count). The number of carbonyl (C=O) groups is 1. The second-order valence-electron chi connectivity index (χ2n) is 5.56. The minimum absolute atomic E-state index is 0.248. The van der Waals surface area contributed by atoms with Crippen LogP contribution >= 0.6 is 11.6 Å². The van der Waals surface area contributed by atoms with E-state index in [0.29, 0.717) is 28.6 Å². The molecular weight excluding hydrogens is 350 g/mol. The summed E-state index contributed by atoms with van der Waals surface area (Å²) in [5.41, 5.74) is 1.85. The van der Waals surface area contributed by atoms with E-state index in [2.05, 4.69) is 5.32 Å². The number of halogens is 1. The topological polar surface area (TPSA) is 47.6 Å². The Labute approximate surface area is 157 Å². The van der Waals surface area contributed by atoms with E-state index in [4.69, 9.17) is 21.1 Å². The third-order valence-electron chi connectivity index (χ3n) is 3.80. The minimum atomic E-state index is -0.248. The first-order valence-corrected chi connectivity index (χ1v) is 8.46. The number of ether oxygens (including phenoxy) is 2. The van der Waals surface area contributed by atoms with Crippen molar-refractivity contribution in [2.75, 3.05) is 12.4 Å². The molecule has 0 unspecified atom stereocenters. The number of methoxy groups -OCH3 is 1. The van der Waals surface area contributed by atoms with Crippen LogP contribution in [-0.2, 0) is 6.61 Å². The van der Waals surface area contributed by atoms with Crippen LogP contribution in [0.5, 0.6) is 11.5 Å². The summed E-state index contributed by atoms with van der Waals surface area (Å²) in [6.07, 6.45) is 0. The van der Waals surface area contributed by atoms with Crippen molar-refractivity contribution in [3.8, 4) is 11.5 Å². The summed E-state index contributed by atoms with van der Waals surface area (Å²) >= 11 is 6.10. The number of hydrogen-bond donors (Lipinski definition) is 1. The normalized spacial score (nSPS) is 10.2. The molecule has 4 nitrogen and oxygen atoms in total. The SMILES string of the molecule is COc1ccc(C(=O)Nc2ccccc2Cl)cc1COc1ccccc1. The second kappa shape index (κ2) is 8.41. The quantitative estimate of drug-likeness (QED) is 0.653. The van der Waals surface area contributed by atoms with Crippen LogP contribution in [0.4, 0.5) is 5.69 Å². The van der Waals surface area contributed by atoms with E-state index in [1.165, 1.54) is 0 Å². The molecule has 0 spiro atoms. The summed E-state index contributed by atoms with van der Waals surface area (Å²) in [4.78, 5) is 12.5. The number of para-hydroxylation sites is 2. The third-order valence-corrected chi connectivity index (χ3v) is 4.13. The smallest absolute Gasteiger partial charge is 0.255 e. The van der Waals surface area contributed by atoms with Gasteiger partial charge in [0.05, 0.1) is 17.8 Å². The molecule has 0 atom stereocenters. The van der Waals surface area contributed by atoms with Crippen molar-refractivity contribution in [3.63, 3.8) is 0 Å². The first-order chi connectivity index (χ1) is 12.7. The highest BCUT2D eigenvalue weighted by Gasteiger charge is 2.12. The summed E-state index contributed by atoms with van der Waals surface area (Å²) in [6, 6.07) is 21.8. The van der Waals surface area contributed by atoms with Gasteiger partial charge in [0.25, 0.3) is 5.91 Å². The van der Waals surface area contributed by atoms with Crippen molar-refractivity contribution < 1.29 is 14.3 Å². The first-order valence-electron chi connectivity index (χ1n) is 8.08. The molecule has 0 saturated carbocycles. The second-order valence-corrected chi connectivity index (χ2v) is 5.97. The Morgan fingerprint density at radius 3 is 2.46 bits per heavy atom. The van der Waals surface area contributed by atoms with E-state index in [1.807, 2.05) is 42.5 Å². The summed E-state index contributed by atoms with van der Waals surface area (Å²) in [6.45, 7) is 0.292. The van der Waals surface area contributed by atoms with Crippen molar-refractivity contribution in [3.05, 3.63) is 88.9 Å². The lowest BCUT2D eigenvalue weighted by Gasteiger charge is -2.13. The summed E-state index contributed by atoms with van der Waals surface area (Å²) < 4.78 is 11.1. The Bertz CT molecular complexity index is 897. The van der Waals surface area contributed by atoms with Gasteiger partial charge in [0.2, 0.25) is 0 Å². The van der Waals surface area contributed by atoms with Crippen molar-refractivity contribution in [2.45, 2.75) is 6.61 Å². The standard InChI is InChI=1S/C21H18ClNO3/c1-25-20-12-11-15(21(24)23-19-10-6-5-9-18(19)22)13-16(20)14-26-17-7-3-2-4-8-17/h2-13H,14H2,1H3,(H,23,24). The summed E-state index contributed by atoms with van der Waals surface area (Å²) in [7, 11) is 1.59. The maximum Gasteiger partial charge on any atom is 0.255 e. The molecular formula is C21H18ClNO3. The number of hydrogen-bond acceptors (Lipinski definition) is 3. The Balaban J connectivity index is 1.78. The molecule has 0 heterocycles. The lowest BCUT2D eigenvalue weighted by atomic mass is 10.1. The Kier molecular flexibility index (Phi) is 5.77. The molecule has 0 aromatic heterocycles. The molecule has 26 heavy (non-hydrogen) atoms. The minimum Gasteiger partial charge on any atom is -0.496 e. The van der Waals surface area contributed by atoms with Gasteiger partial charge in [-0.1, -0.05) is 41.9 Å². The number of carbonyl (C=O) groups excluding carboxylic acids is 1. The zero-order valence-electron chi connectivity index (χ0n) is 14.2. The molecule has 3 aromatic rings. The van der Waals surface area contributed by atoms with Gasteiger partial charge in [-0.05, 0) is 42.5 Å². The number of nitrogens with one attached hydrogen (secondary N) is 1. The fourth-order valence-corrected chi connectivity index (χ4v) is 2.65. The van der Waals surface area contributed by atoms with Crippen LogP contribution in [-0.4, -0.2) is 13.0 Å². The molecule has 1 N–H and O–H groups in total. The maximum atomic E-state index is 12.5. The van der Waals surface area contributed by atoms with E-state index in [0.717, 1.165) is 11.3 Å². The zero-order chi connectivity index (χ0) is 18.4. The van der Waals surface area contributed by atoms with Gasteiger partial charge in [0, 0.05) is 11.1 Å². The largest absolute Gasteiger partial charge is 0.496 e. The molecule has 0 bridgehead atoms. The number of anilines is 1. The number of benzene rings is 3. The maximum absolute atomic E-state index is 12.5. The van der Waals surface area contributed by atoms with Gasteiger partial charge in [-0.2, -0.15) is 0 Å². The van der Waals surface area contributed by atoms with Gasteiger partial charge >= 0.3 is 0 Å². The lowest BCUT2D eigenvalue weighted by Crippen LogP contribution is -2.13. The fourth-order valence-electron chi connectivity index (χ4n) is 2.47.